The number of rotatable bonds is 4. The lowest BCUT2D eigenvalue weighted by Gasteiger charge is -2.15. The van der Waals surface area contributed by atoms with Gasteiger partial charge in [-0.1, -0.05) is 0 Å². The lowest BCUT2D eigenvalue weighted by atomic mass is 10.2. The predicted octanol–water partition coefficient (Wildman–Crippen LogP) is 1.81. The highest BCUT2D eigenvalue weighted by Gasteiger charge is 2.20. The van der Waals surface area contributed by atoms with Crippen molar-refractivity contribution in [1.29, 1.82) is 0 Å². The number of ether oxygens (including phenoxy) is 1. The normalized spacial score (nSPS) is 16.8. The van der Waals surface area contributed by atoms with E-state index in [0.717, 1.165) is 43.7 Å². The van der Waals surface area contributed by atoms with E-state index in [-0.39, 0.29) is 4.90 Å². The van der Waals surface area contributed by atoms with Crippen LogP contribution in [0.4, 0.5) is 11.6 Å². The van der Waals surface area contributed by atoms with Crippen LogP contribution in [-0.4, -0.2) is 38.1 Å². The zero-order valence-corrected chi connectivity index (χ0v) is 13.9. The summed E-state index contributed by atoms with van der Waals surface area (Å²) in [6, 6.07) is 4.90. The molecule has 0 saturated carbocycles. The molecule has 1 saturated heterocycles. The third-order valence-corrected chi connectivity index (χ3v) is 5.63. The van der Waals surface area contributed by atoms with Gasteiger partial charge in [-0.25, -0.2) is 18.4 Å². The number of benzene rings is 1. The Kier molecular flexibility index (Phi) is 3.76. The van der Waals surface area contributed by atoms with Gasteiger partial charge in [0.1, 0.15) is 5.75 Å². The standard InChI is InChI=1S/C16H18N4O3S/c21-24(22,14-3-4-15-12(9-14)5-8-23-15)19-13-10-17-16(18-11-13)20-6-1-2-7-20/h3-4,9-11,19H,1-2,5-8H2. The summed E-state index contributed by atoms with van der Waals surface area (Å²) in [5.74, 6) is 1.40. The van der Waals surface area contributed by atoms with Gasteiger partial charge in [0.15, 0.2) is 0 Å². The second kappa shape index (κ2) is 5.94. The van der Waals surface area contributed by atoms with Gasteiger partial charge in [-0.2, -0.15) is 0 Å². The molecule has 1 aromatic heterocycles. The van der Waals surface area contributed by atoms with Gasteiger partial charge in [0, 0.05) is 19.5 Å². The molecule has 3 heterocycles. The fourth-order valence-corrected chi connectivity index (χ4v) is 4.08. The van der Waals surface area contributed by atoms with E-state index in [1.807, 2.05) is 0 Å². The number of fused-ring (bicyclic) bond motifs is 1. The van der Waals surface area contributed by atoms with Crippen molar-refractivity contribution in [2.75, 3.05) is 29.3 Å². The Morgan fingerprint density at radius 3 is 2.62 bits per heavy atom. The van der Waals surface area contributed by atoms with Crippen LogP contribution in [0.15, 0.2) is 35.5 Å². The van der Waals surface area contributed by atoms with Crippen LogP contribution in [0.3, 0.4) is 0 Å². The summed E-state index contributed by atoms with van der Waals surface area (Å²) in [6.07, 6.45) is 6.02. The van der Waals surface area contributed by atoms with Crippen molar-refractivity contribution in [3.63, 3.8) is 0 Å². The first-order chi connectivity index (χ1) is 11.6. The molecule has 0 bridgehead atoms. The molecule has 126 valence electrons. The van der Waals surface area contributed by atoms with Crippen molar-refractivity contribution >= 4 is 21.7 Å². The molecular weight excluding hydrogens is 328 g/mol. The number of nitrogens with one attached hydrogen (secondary N) is 1. The van der Waals surface area contributed by atoms with E-state index >= 15 is 0 Å². The topological polar surface area (TPSA) is 84.4 Å². The van der Waals surface area contributed by atoms with Crippen LogP contribution in [0.2, 0.25) is 0 Å². The Morgan fingerprint density at radius 1 is 1.12 bits per heavy atom. The summed E-state index contributed by atoms with van der Waals surface area (Å²) in [5, 5.41) is 0. The average Bonchev–Trinajstić information content (AvgIpc) is 3.26. The van der Waals surface area contributed by atoms with E-state index in [0.29, 0.717) is 18.2 Å². The van der Waals surface area contributed by atoms with Crippen LogP contribution in [0.5, 0.6) is 5.75 Å². The molecule has 1 fully saturated rings. The summed E-state index contributed by atoms with van der Waals surface area (Å²) in [7, 11) is -3.67. The zero-order valence-electron chi connectivity index (χ0n) is 13.1. The summed E-state index contributed by atoms with van der Waals surface area (Å²) in [6.45, 7) is 2.49. The van der Waals surface area contributed by atoms with Crippen molar-refractivity contribution in [3.8, 4) is 5.75 Å². The molecule has 4 rings (SSSR count). The third kappa shape index (κ3) is 2.89. The summed E-state index contributed by atoms with van der Waals surface area (Å²) in [4.78, 5) is 10.8. The van der Waals surface area contributed by atoms with Crippen LogP contribution in [0, 0.1) is 0 Å². The molecule has 0 spiro atoms. The van der Waals surface area contributed by atoms with Crippen molar-refractivity contribution in [2.45, 2.75) is 24.2 Å². The maximum atomic E-state index is 12.5. The Balaban J connectivity index is 1.53. The van der Waals surface area contributed by atoms with Gasteiger partial charge in [-0.15, -0.1) is 0 Å². The van der Waals surface area contributed by atoms with Crippen LogP contribution < -0.4 is 14.4 Å². The minimum absolute atomic E-state index is 0.218. The van der Waals surface area contributed by atoms with E-state index in [2.05, 4.69) is 19.6 Å². The van der Waals surface area contributed by atoms with Crippen LogP contribution >= 0.6 is 0 Å². The highest BCUT2D eigenvalue weighted by molar-refractivity contribution is 7.92. The molecule has 1 aromatic carbocycles. The van der Waals surface area contributed by atoms with Crippen LogP contribution in [0.1, 0.15) is 18.4 Å². The Morgan fingerprint density at radius 2 is 1.88 bits per heavy atom. The van der Waals surface area contributed by atoms with Crippen molar-refractivity contribution < 1.29 is 13.2 Å². The van der Waals surface area contributed by atoms with E-state index in [1.54, 1.807) is 18.2 Å². The number of anilines is 2. The number of sulfonamides is 1. The van der Waals surface area contributed by atoms with Gasteiger partial charge in [0.2, 0.25) is 5.95 Å². The molecule has 2 aromatic rings. The van der Waals surface area contributed by atoms with Gasteiger partial charge < -0.3 is 9.64 Å². The first-order valence-electron chi connectivity index (χ1n) is 7.97. The monoisotopic (exact) mass is 346 g/mol. The summed E-state index contributed by atoms with van der Waals surface area (Å²) < 4.78 is 33.0. The molecule has 24 heavy (non-hydrogen) atoms. The molecule has 0 radical (unpaired) electrons. The van der Waals surface area contributed by atoms with Gasteiger partial charge in [-0.3, -0.25) is 4.72 Å². The minimum Gasteiger partial charge on any atom is -0.493 e. The van der Waals surface area contributed by atoms with Gasteiger partial charge >= 0.3 is 0 Å². The molecule has 0 unspecified atom stereocenters. The maximum absolute atomic E-state index is 12.5. The van der Waals surface area contributed by atoms with Crippen molar-refractivity contribution in [3.05, 3.63) is 36.2 Å². The quantitative estimate of drug-likeness (QED) is 0.909. The number of nitrogens with zero attached hydrogens (tertiary/aromatic N) is 3. The molecule has 0 amide bonds. The SMILES string of the molecule is O=S(=O)(Nc1cnc(N2CCCC2)nc1)c1ccc2c(c1)CCO2. The lowest BCUT2D eigenvalue weighted by Crippen LogP contribution is -2.20. The molecule has 7 nitrogen and oxygen atoms in total. The van der Waals surface area contributed by atoms with Crippen molar-refractivity contribution in [1.82, 2.24) is 9.97 Å². The highest BCUT2D eigenvalue weighted by Crippen LogP contribution is 2.28. The van der Waals surface area contributed by atoms with Gasteiger partial charge in [0.25, 0.3) is 10.0 Å². The summed E-state index contributed by atoms with van der Waals surface area (Å²) in [5.41, 5.74) is 1.27. The second-order valence-electron chi connectivity index (χ2n) is 5.94. The van der Waals surface area contributed by atoms with E-state index < -0.39 is 10.0 Å². The van der Waals surface area contributed by atoms with Crippen molar-refractivity contribution in [2.24, 2.45) is 0 Å². The largest absolute Gasteiger partial charge is 0.493 e. The van der Waals surface area contributed by atoms with E-state index in [1.165, 1.54) is 12.4 Å². The molecule has 2 aliphatic heterocycles. The van der Waals surface area contributed by atoms with Gasteiger partial charge in [-0.05, 0) is 36.6 Å². The first-order valence-corrected chi connectivity index (χ1v) is 9.46. The fraction of sp³-hybridized carbons (Fsp3) is 0.375. The fourth-order valence-electron chi connectivity index (χ4n) is 3.00. The number of aromatic nitrogens is 2. The van der Waals surface area contributed by atoms with Crippen LogP contribution in [0.25, 0.3) is 0 Å². The Hall–Kier alpha value is -2.35. The predicted molar refractivity (Wildman–Crippen MR) is 89.9 cm³/mol. The van der Waals surface area contributed by atoms with Crippen LogP contribution in [-0.2, 0) is 16.4 Å². The second-order valence-corrected chi connectivity index (χ2v) is 7.62. The zero-order chi connectivity index (χ0) is 16.6. The minimum atomic E-state index is -3.67. The highest BCUT2D eigenvalue weighted by atomic mass is 32.2. The van der Waals surface area contributed by atoms with E-state index in [4.69, 9.17) is 4.74 Å². The molecular formula is C16H18N4O3S. The van der Waals surface area contributed by atoms with E-state index in [9.17, 15) is 8.42 Å². The Labute approximate surface area is 140 Å². The molecule has 2 aliphatic rings. The Bertz CT molecular complexity index is 846. The molecule has 8 heteroatoms. The summed E-state index contributed by atoms with van der Waals surface area (Å²) >= 11 is 0. The molecule has 0 aliphatic carbocycles. The number of hydrogen-bond donors (Lipinski definition) is 1. The molecule has 1 N–H and O–H groups in total. The maximum Gasteiger partial charge on any atom is 0.262 e. The van der Waals surface area contributed by atoms with Gasteiger partial charge in [0.05, 0.1) is 29.6 Å². The lowest BCUT2D eigenvalue weighted by molar-refractivity contribution is 0.356. The molecule has 0 atom stereocenters. The smallest absolute Gasteiger partial charge is 0.262 e. The first kappa shape index (κ1) is 15.2. The average molecular weight is 346 g/mol. The third-order valence-electron chi connectivity index (χ3n) is 4.25. The number of hydrogen-bond acceptors (Lipinski definition) is 6.